The van der Waals surface area contributed by atoms with Gasteiger partial charge in [0.15, 0.2) is 0 Å². The molecule has 102 valence electrons. The molecule has 0 radical (unpaired) electrons. The predicted octanol–water partition coefficient (Wildman–Crippen LogP) is 0.774. The van der Waals surface area contributed by atoms with E-state index in [4.69, 9.17) is 11.6 Å². The molecule has 0 amide bonds. The number of rotatable bonds is 3. The highest BCUT2D eigenvalue weighted by Crippen LogP contribution is 2.20. The van der Waals surface area contributed by atoms with Crippen molar-refractivity contribution in [1.29, 1.82) is 0 Å². The zero-order chi connectivity index (χ0) is 14.2. The minimum absolute atomic E-state index is 0.125. The molecule has 6 nitrogen and oxygen atoms in total. The summed E-state index contributed by atoms with van der Waals surface area (Å²) in [6.07, 6.45) is 1.45. The first-order valence-electron chi connectivity index (χ1n) is 5.94. The van der Waals surface area contributed by atoms with Crippen molar-refractivity contribution in [2.45, 2.75) is 26.9 Å². The Kier molecular flexibility index (Phi) is 3.61. The van der Waals surface area contributed by atoms with Gasteiger partial charge in [-0.15, -0.1) is 0 Å². The van der Waals surface area contributed by atoms with Gasteiger partial charge in [-0.25, -0.2) is 4.79 Å². The Bertz CT molecular complexity index is 726. The smallest absolute Gasteiger partial charge is 0.303 e. The number of nitrogens with zero attached hydrogens (tertiary/aromatic N) is 4. The van der Waals surface area contributed by atoms with Crippen LogP contribution < -0.4 is 11.2 Å². The van der Waals surface area contributed by atoms with Crippen LogP contribution in [0.5, 0.6) is 0 Å². The van der Waals surface area contributed by atoms with Crippen molar-refractivity contribution in [2.24, 2.45) is 7.05 Å². The first-order chi connectivity index (χ1) is 8.95. The van der Waals surface area contributed by atoms with Crippen molar-refractivity contribution < 1.29 is 0 Å². The summed E-state index contributed by atoms with van der Waals surface area (Å²) in [6.45, 7) is 4.48. The molecule has 0 aliphatic carbocycles. The normalized spacial score (nSPS) is 10.9. The van der Waals surface area contributed by atoms with E-state index in [1.807, 2.05) is 6.92 Å². The van der Waals surface area contributed by atoms with Gasteiger partial charge in [0.25, 0.3) is 5.56 Å². The van der Waals surface area contributed by atoms with E-state index in [1.165, 1.54) is 16.8 Å². The van der Waals surface area contributed by atoms with Gasteiger partial charge in [-0.1, -0.05) is 11.6 Å². The molecule has 0 bridgehead atoms. The monoisotopic (exact) mass is 282 g/mol. The van der Waals surface area contributed by atoms with Crippen molar-refractivity contribution >= 4 is 11.6 Å². The third kappa shape index (κ3) is 2.35. The zero-order valence-corrected chi connectivity index (χ0v) is 11.8. The Morgan fingerprint density at radius 1 is 1.37 bits per heavy atom. The molecule has 0 saturated heterocycles. The van der Waals surface area contributed by atoms with Crippen molar-refractivity contribution in [3.63, 3.8) is 0 Å². The molecule has 0 saturated carbocycles. The number of aromatic nitrogens is 4. The molecule has 0 fully saturated rings. The van der Waals surface area contributed by atoms with Crippen LogP contribution in [0, 0.1) is 6.92 Å². The summed E-state index contributed by atoms with van der Waals surface area (Å²) in [5, 5.41) is 4.77. The quantitative estimate of drug-likeness (QED) is 0.835. The van der Waals surface area contributed by atoms with Crippen molar-refractivity contribution in [2.75, 3.05) is 0 Å². The Balaban J connectivity index is 2.57. The minimum Gasteiger partial charge on any atom is -0.303 e. The Labute approximate surface area is 114 Å². The lowest BCUT2D eigenvalue weighted by Crippen LogP contribution is -2.38. The van der Waals surface area contributed by atoms with Gasteiger partial charge in [0, 0.05) is 25.9 Å². The molecule has 7 heteroatoms. The van der Waals surface area contributed by atoms with E-state index in [0.29, 0.717) is 23.0 Å². The summed E-state index contributed by atoms with van der Waals surface area (Å²) in [6, 6.07) is 1.36. The Morgan fingerprint density at radius 3 is 2.68 bits per heavy atom. The molecule has 0 aromatic carbocycles. The topological polar surface area (TPSA) is 61.8 Å². The Morgan fingerprint density at radius 2 is 2.05 bits per heavy atom. The largest absolute Gasteiger partial charge is 0.331 e. The summed E-state index contributed by atoms with van der Waals surface area (Å²) in [7, 11) is 1.60. The van der Waals surface area contributed by atoms with E-state index in [2.05, 4.69) is 5.10 Å². The van der Waals surface area contributed by atoms with Crippen LogP contribution in [0.3, 0.4) is 0 Å². The van der Waals surface area contributed by atoms with Gasteiger partial charge in [0.1, 0.15) is 0 Å². The standard InChI is InChI=1S/C12H15ClN4O2/c1-4-17-9(11(13)8(2)14-17)7-16-10(18)5-6-15(3)12(16)19/h5-6H,4,7H2,1-3H3. The van der Waals surface area contributed by atoms with E-state index in [0.717, 1.165) is 4.57 Å². The fourth-order valence-corrected chi connectivity index (χ4v) is 2.12. The third-order valence-corrected chi connectivity index (χ3v) is 3.49. The second-order valence-electron chi connectivity index (χ2n) is 4.30. The molecule has 0 aliphatic rings. The van der Waals surface area contributed by atoms with E-state index in [-0.39, 0.29) is 17.8 Å². The minimum atomic E-state index is -0.370. The SMILES string of the molecule is CCn1nc(C)c(Cl)c1Cn1c(=O)ccn(C)c1=O. The van der Waals surface area contributed by atoms with Crippen LogP contribution >= 0.6 is 11.6 Å². The highest BCUT2D eigenvalue weighted by molar-refractivity contribution is 6.31. The summed E-state index contributed by atoms with van der Waals surface area (Å²) >= 11 is 6.18. The van der Waals surface area contributed by atoms with Crippen LogP contribution in [0.1, 0.15) is 18.3 Å². The molecule has 2 aromatic heterocycles. The van der Waals surface area contributed by atoms with Crippen molar-refractivity contribution in [3.05, 3.63) is 49.5 Å². The highest BCUT2D eigenvalue weighted by atomic mass is 35.5. The molecule has 0 unspecified atom stereocenters. The number of hydrogen-bond donors (Lipinski definition) is 0. The van der Waals surface area contributed by atoms with Crippen LogP contribution in [-0.4, -0.2) is 18.9 Å². The third-order valence-electron chi connectivity index (χ3n) is 3.00. The van der Waals surface area contributed by atoms with Gasteiger partial charge < -0.3 is 4.57 Å². The number of halogens is 1. The maximum Gasteiger partial charge on any atom is 0.331 e. The fraction of sp³-hybridized carbons (Fsp3) is 0.417. The van der Waals surface area contributed by atoms with E-state index in [1.54, 1.807) is 18.7 Å². The first kappa shape index (κ1) is 13.6. The maximum atomic E-state index is 12.0. The predicted molar refractivity (Wildman–Crippen MR) is 72.7 cm³/mol. The molecule has 2 heterocycles. The van der Waals surface area contributed by atoms with Gasteiger partial charge in [0.05, 0.1) is 23.0 Å². The van der Waals surface area contributed by atoms with Crippen LogP contribution in [0.25, 0.3) is 0 Å². The van der Waals surface area contributed by atoms with Crippen LogP contribution in [0.2, 0.25) is 5.02 Å². The second-order valence-corrected chi connectivity index (χ2v) is 4.67. The molecule has 19 heavy (non-hydrogen) atoms. The number of aryl methyl sites for hydroxylation is 3. The average molecular weight is 283 g/mol. The average Bonchev–Trinajstić information content (AvgIpc) is 2.66. The summed E-state index contributed by atoms with van der Waals surface area (Å²) in [5.41, 5.74) is 0.650. The summed E-state index contributed by atoms with van der Waals surface area (Å²) in [5.74, 6) is 0. The zero-order valence-electron chi connectivity index (χ0n) is 11.1. The van der Waals surface area contributed by atoms with Gasteiger partial charge >= 0.3 is 5.69 Å². The van der Waals surface area contributed by atoms with Crippen molar-refractivity contribution in [1.82, 2.24) is 18.9 Å². The molecule has 0 atom stereocenters. The molecule has 0 aliphatic heterocycles. The van der Waals surface area contributed by atoms with Gasteiger partial charge in [0.2, 0.25) is 0 Å². The molecular formula is C12H15ClN4O2. The van der Waals surface area contributed by atoms with Crippen LogP contribution in [-0.2, 0) is 20.1 Å². The van der Waals surface area contributed by atoms with Crippen LogP contribution in [0.15, 0.2) is 21.9 Å². The maximum absolute atomic E-state index is 12.0. The molecule has 0 spiro atoms. The summed E-state index contributed by atoms with van der Waals surface area (Å²) < 4.78 is 4.21. The van der Waals surface area contributed by atoms with Gasteiger partial charge in [-0.2, -0.15) is 5.10 Å². The van der Waals surface area contributed by atoms with Crippen LogP contribution in [0.4, 0.5) is 0 Å². The lowest BCUT2D eigenvalue weighted by molar-refractivity contribution is 0.567. The van der Waals surface area contributed by atoms with E-state index in [9.17, 15) is 9.59 Å². The Hall–Kier alpha value is -1.82. The van der Waals surface area contributed by atoms with Gasteiger partial charge in [-0.3, -0.25) is 14.0 Å². The van der Waals surface area contributed by atoms with Gasteiger partial charge in [-0.05, 0) is 13.8 Å². The number of hydrogen-bond acceptors (Lipinski definition) is 3. The van der Waals surface area contributed by atoms with E-state index < -0.39 is 0 Å². The molecular weight excluding hydrogens is 268 g/mol. The summed E-state index contributed by atoms with van der Waals surface area (Å²) in [4.78, 5) is 23.8. The second kappa shape index (κ2) is 5.05. The van der Waals surface area contributed by atoms with Crippen molar-refractivity contribution in [3.8, 4) is 0 Å². The lowest BCUT2D eigenvalue weighted by atomic mass is 10.3. The first-order valence-corrected chi connectivity index (χ1v) is 6.31. The highest BCUT2D eigenvalue weighted by Gasteiger charge is 2.15. The van der Waals surface area contributed by atoms with E-state index >= 15 is 0 Å². The molecule has 0 N–H and O–H groups in total. The molecule has 2 aromatic rings. The molecule has 2 rings (SSSR count). The lowest BCUT2D eigenvalue weighted by Gasteiger charge is -2.08. The fourth-order valence-electron chi connectivity index (χ4n) is 1.93.